The Kier molecular flexibility index (Phi) is 5.10. The van der Waals surface area contributed by atoms with Crippen molar-refractivity contribution in [1.82, 2.24) is 34.4 Å². The van der Waals surface area contributed by atoms with Crippen LogP contribution < -0.4 is 5.32 Å². The molecule has 5 aromatic rings. The van der Waals surface area contributed by atoms with Crippen LogP contribution in [-0.2, 0) is 17.8 Å². The molecule has 8 nitrogen and oxygen atoms in total. The first-order valence-electron chi connectivity index (χ1n) is 10.5. The van der Waals surface area contributed by atoms with E-state index in [1.165, 1.54) is 0 Å². The molecule has 1 N–H and O–H groups in total. The minimum absolute atomic E-state index is 0.0186. The number of aromatic nitrogens is 6. The fourth-order valence-corrected chi connectivity index (χ4v) is 4.04. The summed E-state index contributed by atoms with van der Waals surface area (Å²) in [6.07, 6.45) is 7.94. The van der Waals surface area contributed by atoms with Crippen LogP contribution in [0, 0.1) is 13.8 Å². The molecule has 1 aromatic carbocycles. The van der Waals surface area contributed by atoms with Crippen molar-refractivity contribution in [2.45, 2.75) is 33.2 Å². The number of nitrogens with one attached hydrogen (secondary N) is 1. The largest absolute Gasteiger partial charge is 0.352 e. The number of carbonyl (C=O) groups is 1. The van der Waals surface area contributed by atoms with E-state index in [9.17, 15) is 4.79 Å². The zero-order valence-electron chi connectivity index (χ0n) is 18.0. The number of benzene rings is 1. The van der Waals surface area contributed by atoms with Crippen LogP contribution in [-0.4, -0.2) is 35.0 Å². The second-order valence-electron chi connectivity index (χ2n) is 7.75. The molecule has 160 valence electrons. The monoisotopic (exact) mass is 425 g/mol. The molecule has 0 atom stereocenters. The minimum Gasteiger partial charge on any atom is -0.352 e. The van der Waals surface area contributed by atoms with Gasteiger partial charge in [-0.3, -0.25) is 9.36 Å². The van der Waals surface area contributed by atoms with Crippen LogP contribution >= 0.6 is 0 Å². The number of carbonyl (C=O) groups excluding carboxylic acids is 1. The Hall–Kier alpha value is -4.07. The summed E-state index contributed by atoms with van der Waals surface area (Å²) >= 11 is 0. The van der Waals surface area contributed by atoms with Gasteiger partial charge in [-0.05, 0) is 44.0 Å². The molecule has 0 bridgehead atoms. The van der Waals surface area contributed by atoms with Crippen molar-refractivity contribution in [3.8, 4) is 5.82 Å². The van der Waals surface area contributed by atoms with Gasteiger partial charge in [-0.1, -0.05) is 18.2 Å². The number of imidazole rings is 1. The SMILES string of the molecule is Cc1nc2c3ccccc3nn2c(C)c1CCC(=O)NCc1cccnc1-n1ccnc1. The minimum atomic E-state index is -0.0186. The standard InChI is InChI=1S/C24H23N7O/c1-16-19(17(2)31-24(28-16)20-7-3-4-8-21(20)29-31)9-10-22(32)27-14-18-6-5-11-26-23(18)30-13-12-25-15-30/h3-8,11-13,15H,9-10,14H2,1-2H3,(H,27,32). The maximum absolute atomic E-state index is 12.6. The second kappa shape index (κ2) is 8.22. The normalized spacial score (nSPS) is 11.3. The first-order chi connectivity index (χ1) is 15.6. The fourth-order valence-electron chi connectivity index (χ4n) is 4.04. The van der Waals surface area contributed by atoms with Gasteiger partial charge in [0.1, 0.15) is 12.1 Å². The van der Waals surface area contributed by atoms with Crippen molar-refractivity contribution in [3.63, 3.8) is 0 Å². The number of nitrogens with zero attached hydrogens (tertiary/aromatic N) is 6. The van der Waals surface area contributed by atoms with E-state index in [1.54, 1.807) is 18.7 Å². The van der Waals surface area contributed by atoms with E-state index in [-0.39, 0.29) is 5.91 Å². The summed E-state index contributed by atoms with van der Waals surface area (Å²) in [5.41, 5.74) is 5.71. The zero-order chi connectivity index (χ0) is 22.1. The molecular weight excluding hydrogens is 402 g/mol. The van der Waals surface area contributed by atoms with Crippen LogP contribution in [0.5, 0.6) is 0 Å². The molecule has 0 radical (unpaired) electrons. The molecule has 0 aliphatic carbocycles. The molecule has 8 heteroatoms. The quantitative estimate of drug-likeness (QED) is 0.451. The number of aryl methyl sites for hydroxylation is 2. The van der Waals surface area contributed by atoms with Gasteiger partial charge >= 0.3 is 0 Å². The number of fused-ring (bicyclic) bond motifs is 3. The molecule has 0 fully saturated rings. The van der Waals surface area contributed by atoms with E-state index in [4.69, 9.17) is 10.1 Å². The van der Waals surface area contributed by atoms with Gasteiger partial charge in [0, 0.05) is 53.9 Å². The molecule has 0 aliphatic heterocycles. The molecule has 4 heterocycles. The summed E-state index contributed by atoms with van der Waals surface area (Å²) in [5.74, 6) is 0.743. The predicted octanol–water partition coefficient (Wildman–Crippen LogP) is 3.33. The highest BCUT2D eigenvalue weighted by molar-refractivity contribution is 5.92. The fraction of sp³-hybridized carbons (Fsp3) is 0.208. The lowest BCUT2D eigenvalue weighted by Gasteiger charge is -2.12. The van der Waals surface area contributed by atoms with Gasteiger partial charge in [0.05, 0.1) is 5.52 Å². The second-order valence-corrected chi connectivity index (χ2v) is 7.75. The van der Waals surface area contributed by atoms with Gasteiger partial charge in [-0.2, -0.15) is 5.10 Å². The Morgan fingerprint density at radius 2 is 1.97 bits per heavy atom. The Morgan fingerprint density at radius 3 is 2.81 bits per heavy atom. The van der Waals surface area contributed by atoms with Crippen LogP contribution in [0.25, 0.3) is 22.4 Å². The van der Waals surface area contributed by atoms with Gasteiger partial charge in [-0.25, -0.2) is 19.5 Å². The van der Waals surface area contributed by atoms with E-state index >= 15 is 0 Å². The van der Waals surface area contributed by atoms with Crippen molar-refractivity contribution in [2.24, 2.45) is 0 Å². The first-order valence-corrected chi connectivity index (χ1v) is 10.5. The Balaban J connectivity index is 1.30. The Bertz CT molecular complexity index is 1420. The van der Waals surface area contributed by atoms with Gasteiger partial charge in [0.15, 0.2) is 5.65 Å². The molecule has 0 saturated heterocycles. The van der Waals surface area contributed by atoms with E-state index in [1.807, 2.05) is 65.5 Å². The van der Waals surface area contributed by atoms with E-state index in [0.29, 0.717) is 19.4 Å². The lowest BCUT2D eigenvalue weighted by atomic mass is 10.1. The highest BCUT2D eigenvalue weighted by Crippen LogP contribution is 2.23. The van der Waals surface area contributed by atoms with Crippen molar-refractivity contribution in [2.75, 3.05) is 0 Å². The molecule has 0 saturated carbocycles. The van der Waals surface area contributed by atoms with Crippen molar-refractivity contribution >= 4 is 22.5 Å². The molecule has 32 heavy (non-hydrogen) atoms. The third kappa shape index (κ3) is 3.60. The third-order valence-corrected chi connectivity index (χ3v) is 5.71. The molecule has 0 spiro atoms. The maximum atomic E-state index is 12.6. The molecule has 0 aliphatic rings. The Morgan fingerprint density at radius 1 is 1.09 bits per heavy atom. The molecule has 5 rings (SSSR count). The van der Waals surface area contributed by atoms with Crippen LogP contribution in [0.2, 0.25) is 0 Å². The summed E-state index contributed by atoms with van der Waals surface area (Å²) in [4.78, 5) is 25.9. The maximum Gasteiger partial charge on any atom is 0.220 e. The number of pyridine rings is 1. The molecular formula is C24H23N7O. The lowest BCUT2D eigenvalue weighted by Crippen LogP contribution is -2.24. The van der Waals surface area contributed by atoms with E-state index < -0.39 is 0 Å². The number of amides is 1. The topological polar surface area (TPSA) is 90.0 Å². The van der Waals surface area contributed by atoms with Gasteiger partial charge in [-0.15, -0.1) is 0 Å². The Labute approximate surface area is 185 Å². The smallest absolute Gasteiger partial charge is 0.220 e. The molecule has 4 aromatic heterocycles. The average molecular weight is 425 g/mol. The summed E-state index contributed by atoms with van der Waals surface area (Å²) < 4.78 is 3.72. The summed E-state index contributed by atoms with van der Waals surface area (Å²) in [6, 6.07) is 11.8. The summed E-state index contributed by atoms with van der Waals surface area (Å²) in [6.45, 7) is 4.43. The van der Waals surface area contributed by atoms with Crippen molar-refractivity contribution in [1.29, 1.82) is 0 Å². The zero-order valence-corrected chi connectivity index (χ0v) is 18.0. The van der Waals surface area contributed by atoms with Crippen LogP contribution in [0.4, 0.5) is 0 Å². The highest BCUT2D eigenvalue weighted by Gasteiger charge is 2.15. The van der Waals surface area contributed by atoms with E-state index in [0.717, 1.165) is 44.9 Å². The summed E-state index contributed by atoms with van der Waals surface area (Å²) in [5, 5.41) is 8.74. The number of hydrogen-bond acceptors (Lipinski definition) is 5. The van der Waals surface area contributed by atoms with Crippen LogP contribution in [0.3, 0.4) is 0 Å². The number of hydrogen-bond donors (Lipinski definition) is 1. The van der Waals surface area contributed by atoms with Crippen LogP contribution in [0.15, 0.2) is 61.3 Å². The number of rotatable bonds is 6. The molecule has 1 amide bonds. The van der Waals surface area contributed by atoms with Crippen LogP contribution in [0.1, 0.15) is 28.9 Å². The van der Waals surface area contributed by atoms with E-state index in [2.05, 4.69) is 15.3 Å². The van der Waals surface area contributed by atoms with Crippen molar-refractivity contribution < 1.29 is 4.79 Å². The average Bonchev–Trinajstić information content (AvgIpc) is 3.46. The van der Waals surface area contributed by atoms with Gasteiger partial charge < -0.3 is 5.32 Å². The highest BCUT2D eigenvalue weighted by atomic mass is 16.1. The van der Waals surface area contributed by atoms with Crippen molar-refractivity contribution in [3.05, 3.63) is 83.8 Å². The first kappa shape index (κ1) is 19.9. The molecule has 0 unspecified atom stereocenters. The summed E-state index contributed by atoms with van der Waals surface area (Å²) in [7, 11) is 0. The van der Waals surface area contributed by atoms with Gasteiger partial charge in [0.2, 0.25) is 5.91 Å². The predicted molar refractivity (Wildman–Crippen MR) is 121 cm³/mol. The lowest BCUT2D eigenvalue weighted by molar-refractivity contribution is -0.121. The third-order valence-electron chi connectivity index (χ3n) is 5.71. The van der Waals surface area contributed by atoms with Gasteiger partial charge in [0.25, 0.3) is 0 Å².